The zero-order valence-electron chi connectivity index (χ0n) is 11.0. The van der Waals surface area contributed by atoms with E-state index in [1.165, 1.54) is 4.90 Å². The van der Waals surface area contributed by atoms with Crippen molar-refractivity contribution >= 4 is 17.5 Å². The summed E-state index contributed by atoms with van der Waals surface area (Å²) in [5.74, 6) is 0.358. The molecule has 1 aliphatic heterocycles. The Labute approximate surface area is 117 Å². The third-order valence-electron chi connectivity index (χ3n) is 4.78. The first-order chi connectivity index (χ1) is 9.75. The molecule has 1 aromatic carbocycles. The molecule has 3 aliphatic rings. The van der Waals surface area contributed by atoms with Crippen LogP contribution < -0.4 is 5.32 Å². The van der Waals surface area contributed by atoms with E-state index in [1.54, 1.807) is 0 Å². The average Bonchev–Trinajstić information content (AvgIpc) is 3.13. The molecular weight excluding hydrogens is 252 g/mol. The molecule has 0 radical (unpaired) electrons. The lowest BCUT2D eigenvalue weighted by atomic mass is 9.85. The van der Waals surface area contributed by atoms with E-state index in [2.05, 4.69) is 17.5 Å². The van der Waals surface area contributed by atoms with E-state index in [0.717, 1.165) is 12.1 Å². The minimum atomic E-state index is -0.102. The highest BCUT2D eigenvalue weighted by Gasteiger charge is 2.59. The molecule has 0 unspecified atom stereocenters. The van der Waals surface area contributed by atoms with Crippen LogP contribution in [0.2, 0.25) is 0 Å². The van der Waals surface area contributed by atoms with E-state index in [9.17, 15) is 9.59 Å². The summed E-state index contributed by atoms with van der Waals surface area (Å²) in [5, 5.41) is 3.15. The van der Waals surface area contributed by atoms with Gasteiger partial charge in [0.1, 0.15) is 0 Å². The van der Waals surface area contributed by atoms with Crippen molar-refractivity contribution in [3.63, 3.8) is 0 Å². The van der Waals surface area contributed by atoms with E-state index >= 15 is 0 Å². The molecule has 2 bridgehead atoms. The van der Waals surface area contributed by atoms with Gasteiger partial charge in [-0.1, -0.05) is 30.4 Å². The Morgan fingerprint density at radius 1 is 1.00 bits per heavy atom. The van der Waals surface area contributed by atoms with Crippen LogP contribution in [0.25, 0.3) is 0 Å². The number of nitrogens with zero attached hydrogens (tertiary/aromatic N) is 1. The molecule has 4 rings (SSSR count). The largest absolute Gasteiger partial charge is 0.367 e. The second kappa shape index (κ2) is 4.20. The molecule has 1 aromatic rings. The van der Waals surface area contributed by atoms with Crippen LogP contribution in [-0.4, -0.2) is 23.4 Å². The maximum atomic E-state index is 12.4. The van der Waals surface area contributed by atoms with Gasteiger partial charge in [-0.3, -0.25) is 14.5 Å². The van der Waals surface area contributed by atoms with Gasteiger partial charge in [-0.25, -0.2) is 0 Å². The van der Waals surface area contributed by atoms with Gasteiger partial charge in [-0.05, 0) is 30.4 Å². The fourth-order valence-corrected chi connectivity index (χ4v) is 3.85. The molecule has 1 N–H and O–H groups in total. The summed E-state index contributed by atoms with van der Waals surface area (Å²) in [6, 6.07) is 9.64. The summed E-state index contributed by atoms with van der Waals surface area (Å²) in [6.45, 7) is 0.272. The van der Waals surface area contributed by atoms with Gasteiger partial charge in [0.25, 0.3) is 0 Å². The van der Waals surface area contributed by atoms with Crippen molar-refractivity contribution in [1.29, 1.82) is 0 Å². The van der Waals surface area contributed by atoms with Crippen LogP contribution in [0.4, 0.5) is 5.69 Å². The van der Waals surface area contributed by atoms with Gasteiger partial charge < -0.3 is 5.32 Å². The molecule has 2 aliphatic carbocycles. The zero-order chi connectivity index (χ0) is 13.7. The molecule has 102 valence electrons. The predicted octanol–water partition coefficient (Wildman–Crippen LogP) is 1.86. The minimum Gasteiger partial charge on any atom is -0.367 e. The molecular formula is C16H16N2O2. The molecule has 2 fully saturated rings. The van der Waals surface area contributed by atoms with Crippen molar-refractivity contribution in [1.82, 2.24) is 4.90 Å². The number of hydrogen-bond donors (Lipinski definition) is 1. The summed E-state index contributed by atoms with van der Waals surface area (Å²) in [4.78, 5) is 26.3. The maximum Gasteiger partial charge on any atom is 0.235 e. The quantitative estimate of drug-likeness (QED) is 0.672. The number of imide groups is 1. The van der Waals surface area contributed by atoms with E-state index < -0.39 is 0 Å². The van der Waals surface area contributed by atoms with Gasteiger partial charge in [0.05, 0.1) is 18.5 Å². The number of allylic oxidation sites excluding steroid dienone is 2. The predicted molar refractivity (Wildman–Crippen MR) is 74.5 cm³/mol. The van der Waals surface area contributed by atoms with Crippen molar-refractivity contribution in [2.75, 3.05) is 12.0 Å². The molecule has 4 atom stereocenters. The van der Waals surface area contributed by atoms with Crippen LogP contribution in [-0.2, 0) is 9.59 Å². The lowest BCUT2D eigenvalue weighted by molar-refractivity contribution is -0.140. The molecule has 0 aromatic heterocycles. The van der Waals surface area contributed by atoms with Crippen LogP contribution >= 0.6 is 0 Å². The normalized spacial score (nSPS) is 33.9. The van der Waals surface area contributed by atoms with Crippen molar-refractivity contribution in [2.45, 2.75) is 6.42 Å². The first-order valence-corrected chi connectivity index (χ1v) is 7.08. The number of nitrogens with one attached hydrogen (secondary N) is 1. The number of benzene rings is 1. The number of anilines is 1. The fourth-order valence-electron chi connectivity index (χ4n) is 3.85. The van der Waals surface area contributed by atoms with Crippen molar-refractivity contribution in [2.24, 2.45) is 23.7 Å². The number of likely N-dealkylation sites (tertiary alicyclic amines) is 1. The zero-order valence-corrected chi connectivity index (χ0v) is 11.0. The molecule has 1 saturated carbocycles. The number of amides is 2. The number of fused-ring (bicyclic) bond motifs is 5. The summed E-state index contributed by atoms with van der Waals surface area (Å²) in [6.07, 6.45) is 5.21. The molecule has 1 saturated heterocycles. The van der Waals surface area contributed by atoms with Gasteiger partial charge >= 0.3 is 0 Å². The summed E-state index contributed by atoms with van der Waals surface area (Å²) in [7, 11) is 0. The number of carbonyl (C=O) groups excluding carboxylic acids is 2. The highest BCUT2D eigenvalue weighted by molar-refractivity contribution is 6.06. The molecule has 4 nitrogen and oxygen atoms in total. The third kappa shape index (κ3) is 1.54. The second-order valence-electron chi connectivity index (χ2n) is 5.81. The first-order valence-electron chi connectivity index (χ1n) is 7.08. The molecule has 2 amide bonds. The highest BCUT2D eigenvalue weighted by Crippen LogP contribution is 2.52. The van der Waals surface area contributed by atoms with Gasteiger partial charge in [0.15, 0.2) is 0 Å². The lowest BCUT2D eigenvalue weighted by Gasteiger charge is -2.18. The van der Waals surface area contributed by atoms with E-state index in [0.29, 0.717) is 0 Å². The van der Waals surface area contributed by atoms with Gasteiger partial charge in [-0.15, -0.1) is 0 Å². The molecule has 0 spiro atoms. The van der Waals surface area contributed by atoms with E-state index in [1.807, 2.05) is 30.3 Å². The smallest absolute Gasteiger partial charge is 0.235 e. The molecule has 1 heterocycles. The van der Waals surface area contributed by atoms with Crippen LogP contribution in [0.1, 0.15) is 6.42 Å². The number of para-hydroxylation sites is 1. The number of rotatable bonds is 3. The number of hydrogen-bond acceptors (Lipinski definition) is 3. The standard InChI is InChI=1S/C16H16N2O2/c19-15-13-10-6-7-11(8-10)14(13)16(20)18(15)9-17-12-4-2-1-3-5-12/h1-7,10-11,13-14,17H,8-9H2/t10-,11-,13-,14+/m1/s1. The number of carbonyl (C=O) groups is 2. The van der Waals surface area contributed by atoms with Crippen LogP contribution in [0.5, 0.6) is 0 Å². The van der Waals surface area contributed by atoms with E-state index in [4.69, 9.17) is 0 Å². The summed E-state index contributed by atoms with van der Waals surface area (Å²) >= 11 is 0. The molecule has 20 heavy (non-hydrogen) atoms. The van der Waals surface area contributed by atoms with E-state index in [-0.39, 0.29) is 42.2 Å². The van der Waals surface area contributed by atoms with Crippen LogP contribution in [0, 0.1) is 23.7 Å². The monoisotopic (exact) mass is 268 g/mol. The van der Waals surface area contributed by atoms with Crippen molar-refractivity contribution < 1.29 is 9.59 Å². The average molecular weight is 268 g/mol. The van der Waals surface area contributed by atoms with Crippen molar-refractivity contribution in [3.8, 4) is 0 Å². The topological polar surface area (TPSA) is 49.4 Å². The van der Waals surface area contributed by atoms with Crippen LogP contribution in [0.15, 0.2) is 42.5 Å². The maximum absolute atomic E-state index is 12.4. The second-order valence-corrected chi connectivity index (χ2v) is 5.81. The first kappa shape index (κ1) is 11.7. The Morgan fingerprint density at radius 3 is 2.20 bits per heavy atom. The lowest BCUT2D eigenvalue weighted by Crippen LogP contribution is -2.37. The Morgan fingerprint density at radius 2 is 1.60 bits per heavy atom. The Hall–Kier alpha value is -2.10. The van der Waals surface area contributed by atoms with Gasteiger partial charge in [-0.2, -0.15) is 0 Å². The van der Waals surface area contributed by atoms with Gasteiger partial charge in [0, 0.05) is 5.69 Å². The Kier molecular flexibility index (Phi) is 2.46. The highest BCUT2D eigenvalue weighted by atomic mass is 16.2. The Balaban J connectivity index is 1.51. The van der Waals surface area contributed by atoms with Gasteiger partial charge in [0.2, 0.25) is 11.8 Å². The fraction of sp³-hybridized carbons (Fsp3) is 0.375. The minimum absolute atomic E-state index is 0.000260. The SMILES string of the molecule is O=C1[C@@H]2[C@H](C(=O)N1CNc1ccccc1)[C@@H]1C=C[C@@H]2C1. The summed E-state index contributed by atoms with van der Waals surface area (Å²) < 4.78 is 0. The van der Waals surface area contributed by atoms with Crippen LogP contribution in [0.3, 0.4) is 0 Å². The molecule has 4 heteroatoms. The summed E-state index contributed by atoms with van der Waals surface area (Å²) in [5.41, 5.74) is 0.922. The Bertz CT molecular complexity index is 566. The van der Waals surface area contributed by atoms with Crippen molar-refractivity contribution in [3.05, 3.63) is 42.5 Å². The third-order valence-corrected chi connectivity index (χ3v) is 4.78.